The number of alkyl halides is 3. The summed E-state index contributed by atoms with van der Waals surface area (Å²) in [6.45, 7) is 1.82. The average molecular weight is 304 g/mol. The van der Waals surface area contributed by atoms with E-state index in [1.807, 2.05) is 6.92 Å². The normalized spacial score (nSPS) is 11.6. The Labute approximate surface area is 124 Å². The summed E-state index contributed by atoms with van der Waals surface area (Å²) in [6.07, 6.45) is 0.206. The highest BCUT2D eigenvalue weighted by molar-refractivity contribution is 5.67. The maximum Gasteiger partial charge on any atom is 0.416 e. The highest BCUT2D eigenvalue weighted by Crippen LogP contribution is 2.33. The van der Waals surface area contributed by atoms with Crippen LogP contribution in [0.15, 0.2) is 49.2 Å². The fourth-order valence-electron chi connectivity index (χ4n) is 2.17. The summed E-state index contributed by atoms with van der Waals surface area (Å²) in [7, 11) is 0. The summed E-state index contributed by atoms with van der Waals surface area (Å²) in [6, 6.07) is 6.99. The van der Waals surface area contributed by atoms with E-state index in [0.717, 1.165) is 17.7 Å². The number of nitrogens with zero attached hydrogens (tertiary/aromatic N) is 4. The second-order valence-corrected chi connectivity index (χ2v) is 4.81. The lowest BCUT2D eigenvalue weighted by atomic mass is 10.0. The predicted octanol–water partition coefficient (Wildman–Crippen LogP) is 3.66. The first kappa shape index (κ1) is 14.2. The van der Waals surface area contributed by atoms with Gasteiger partial charge in [-0.15, -0.1) is 10.2 Å². The molecule has 2 heterocycles. The maximum atomic E-state index is 12.8. The highest BCUT2D eigenvalue weighted by atomic mass is 19.4. The number of aromatic nitrogens is 4. The van der Waals surface area contributed by atoms with Crippen molar-refractivity contribution in [3.63, 3.8) is 0 Å². The summed E-state index contributed by atoms with van der Waals surface area (Å²) >= 11 is 0. The van der Waals surface area contributed by atoms with Crippen molar-refractivity contribution < 1.29 is 13.2 Å². The van der Waals surface area contributed by atoms with Gasteiger partial charge in [0, 0.05) is 11.8 Å². The largest absolute Gasteiger partial charge is 0.416 e. The lowest BCUT2D eigenvalue weighted by Crippen LogP contribution is -2.04. The first-order chi connectivity index (χ1) is 10.4. The van der Waals surface area contributed by atoms with Gasteiger partial charge < -0.3 is 0 Å². The minimum absolute atomic E-state index is 0.482. The molecule has 0 aliphatic rings. The molecule has 0 atom stereocenters. The van der Waals surface area contributed by atoms with Crippen molar-refractivity contribution >= 4 is 0 Å². The van der Waals surface area contributed by atoms with Gasteiger partial charge in [-0.3, -0.25) is 4.57 Å². The van der Waals surface area contributed by atoms with E-state index in [1.165, 1.54) is 18.7 Å². The molecule has 0 bridgehead atoms. The fourth-order valence-corrected chi connectivity index (χ4v) is 2.17. The van der Waals surface area contributed by atoms with Crippen LogP contribution in [0.25, 0.3) is 16.9 Å². The number of aryl methyl sites for hydroxylation is 1. The molecule has 2 aromatic heterocycles. The number of pyridine rings is 1. The van der Waals surface area contributed by atoms with Gasteiger partial charge in [0.1, 0.15) is 18.5 Å². The quantitative estimate of drug-likeness (QED) is 0.725. The van der Waals surface area contributed by atoms with Gasteiger partial charge in [0.2, 0.25) is 0 Å². The standard InChI is InChI=1S/C15H11F3N4/c1-10-5-14(22-8-20-21-9-22)19-7-13(10)11-3-2-4-12(6-11)15(16,17)18/h2-9H,1H3. The van der Waals surface area contributed by atoms with Crippen molar-refractivity contribution in [2.45, 2.75) is 13.1 Å². The van der Waals surface area contributed by atoms with Crippen LogP contribution in [0.5, 0.6) is 0 Å². The maximum absolute atomic E-state index is 12.8. The lowest BCUT2D eigenvalue weighted by molar-refractivity contribution is -0.137. The molecular weight excluding hydrogens is 293 g/mol. The summed E-state index contributed by atoms with van der Waals surface area (Å²) in [5, 5.41) is 7.39. The van der Waals surface area contributed by atoms with Crippen molar-refractivity contribution in [1.82, 2.24) is 19.7 Å². The summed E-state index contributed by atoms with van der Waals surface area (Å²) in [4.78, 5) is 4.25. The van der Waals surface area contributed by atoms with Crippen molar-refractivity contribution in [2.75, 3.05) is 0 Å². The van der Waals surface area contributed by atoms with Gasteiger partial charge in [0.15, 0.2) is 0 Å². The van der Waals surface area contributed by atoms with Gasteiger partial charge in [-0.05, 0) is 36.2 Å². The van der Waals surface area contributed by atoms with Crippen LogP contribution in [0.2, 0.25) is 0 Å². The predicted molar refractivity (Wildman–Crippen MR) is 74.3 cm³/mol. The molecule has 0 unspecified atom stereocenters. The van der Waals surface area contributed by atoms with Crippen LogP contribution in [0.3, 0.4) is 0 Å². The van der Waals surface area contributed by atoms with Crippen LogP contribution in [-0.2, 0) is 6.18 Å². The number of hydrogen-bond donors (Lipinski definition) is 0. The molecule has 112 valence electrons. The first-order valence-electron chi connectivity index (χ1n) is 6.44. The van der Waals surface area contributed by atoms with Crippen molar-refractivity contribution in [3.05, 3.63) is 60.3 Å². The minimum Gasteiger partial charge on any atom is -0.272 e. The van der Waals surface area contributed by atoms with Crippen LogP contribution < -0.4 is 0 Å². The van der Waals surface area contributed by atoms with Crippen molar-refractivity contribution in [3.8, 4) is 16.9 Å². The molecule has 22 heavy (non-hydrogen) atoms. The van der Waals surface area contributed by atoms with Gasteiger partial charge in [-0.2, -0.15) is 13.2 Å². The van der Waals surface area contributed by atoms with E-state index in [0.29, 0.717) is 16.9 Å². The molecule has 7 heteroatoms. The molecule has 0 radical (unpaired) electrons. The molecule has 3 rings (SSSR count). The van der Waals surface area contributed by atoms with Gasteiger partial charge in [0.05, 0.1) is 5.56 Å². The zero-order chi connectivity index (χ0) is 15.7. The number of rotatable bonds is 2. The molecule has 0 saturated heterocycles. The van der Waals surface area contributed by atoms with Crippen LogP contribution in [-0.4, -0.2) is 19.7 Å². The number of halogens is 3. The van der Waals surface area contributed by atoms with E-state index in [1.54, 1.807) is 22.9 Å². The van der Waals surface area contributed by atoms with Crippen LogP contribution in [0.4, 0.5) is 13.2 Å². The molecule has 1 aromatic carbocycles. The Hall–Kier alpha value is -2.70. The van der Waals surface area contributed by atoms with Crippen molar-refractivity contribution in [2.24, 2.45) is 0 Å². The molecule has 0 saturated carbocycles. The van der Waals surface area contributed by atoms with Crippen molar-refractivity contribution in [1.29, 1.82) is 0 Å². The second kappa shape index (κ2) is 5.25. The average Bonchev–Trinajstić information content (AvgIpc) is 3.00. The third kappa shape index (κ3) is 2.69. The van der Waals surface area contributed by atoms with Crippen LogP contribution in [0, 0.1) is 6.92 Å². The smallest absolute Gasteiger partial charge is 0.272 e. The van der Waals surface area contributed by atoms with E-state index in [-0.39, 0.29) is 0 Å². The Balaban J connectivity index is 2.03. The number of hydrogen-bond acceptors (Lipinski definition) is 3. The summed E-state index contributed by atoms with van der Waals surface area (Å²) in [5.74, 6) is 0.609. The summed E-state index contributed by atoms with van der Waals surface area (Å²) < 4.78 is 40.0. The molecule has 0 fully saturated rings. The zero-order valence-corrected chi connectivity index (χ0v) is 11.5. The van der Waals surface area contributed by atoms with Gasteiger partial charge >= 0.3 is 6.18 Å². The summed E-state index contributed by atoms with van der Waals surface area (Å²) in [5.41, 5.74) is 1.28. The third-order valence-electron chi connectivity index (χ3n) is 3.28. The van der Waals surface area contributed by atoms with Gasteiger partial charge in [0.25, 0.3) is 0 Å². The van der Waals surface area contributed by atoms with E-state index in [2.05, 4.69) is 15.2 Å². The Morgan fingerprint density at radius 2 is 1.77 bits per heavy atom. The SMILES string of the molecule is Cc1cc(-n2cnnc2)ncc1-c1cccc(C(F)(F)F)c1. The molecule has 3 aromatic rings. The van der Waals surface area contributed by atoms with Gasteiger partial charge in [-0.1, -0.05) is 12.1 Å². The molecule has 0 aliphatic heterocycles. The number of benzene rings is 1. The zero-order valence-electron chi connectivity index (χ0n) is 11.5. The molecule has 0 aliphatic carbocycles. The van der Waals surface area contributed by atoms with Crippen LogP contribution >= 0.6 is 0 Å². The fraction of sp³-hybridized carbons (Fsp3) is 0.133. The highest BCUT2D eigenvalue weighted by Gasteiger charge is 2.30. The van der Waals surface area contributed by atoms with E-state index < -0.39 is 11.7 Å². The first-order valence-corrected chi connectivity index (χ1v) is 6.44. The topological polar surface area (TPSA) is 43.6 Å². The third-order valence-corrected chi connectivity index (χ3v) is 3.28. The van der Waals surface area contributed by atoms with E-state index in [9.17, 15) is 13.2 Å². The lowest BCUT2D eigenvalue weighted by Gasteiger charge is -2.11. The Bertz CT molecular complexity index is 795. The molecular formula is C15H11F3N4. The Morgan fingerprint density at radius 3 is 2.41 bits per heavy atom. The van der Waals surface area contributed by atoms with E-state index >= 15 is 0 Å². The molecule has 0 N–H and O–H groups in total. The molecule has 0 spiro atoms. The molecule has 0 amide bonds. The van der Waals surface area contributed by atoms with Gasteiger partial charge in [-0.25, -0.2) is 4.98 Å². The minimum atomic E-state index is -4.36. The Kier molecular flexibility index (Phi) is 3.40. The second-order valence-electron chi connectivity index (χ2n) is 4.81. The monoisotopic (exact) mass is 304 g/mol. The van der Waals surface area contributed by atoms with E-state index in [4.69, 9.17) is 0 Å². The molecule has 4 nitrogen and oxygen atoms in total. The Morgan fingerprint density at radius 1 is 1.05 bits per heavy atom. The van der Waals surface area contributed by atoms with Crippen LogP contribution in [0.1, 0.15) is 11.1 Å².